The average molecular weight is 527 g/mol. The third-order valence-corrected chi connectivity index (χ3v) is 12.9. The summed E-state index contributed by atoms with van der Waals surface area (Å²) >= 11 is -5.75. The van der Waals surface area contributed by atoms with Gasteiger partial charge in [0.2, 0.25) is 0 Å². The first kappa shape index (κ1) is 22.8. The van der Waals surface area contributed by atoms with Crippen molar-refractivity contribution < 1.29 is 28.9 Å². The zero-order chi connectivity index (χ0) is 24.8. The fraction of sp³-hybridized carbons (Fsp3) is 0. The van der Waals surface area contributed by atoms with E-state index in [-0.39, 0.29) is 0 Å². The average Bonchev–Trinajstić information content (AvgIpc) is 2.90. The number of fused-ring (bicyclic) bond motifs is 3. The van der Waals surface area contributed by atoms with E-state index < -0.39 is 21.9 Å². The van der Waals surface area contributed by atoms with Crippen molar-refractivity contribution >= 4 is 56.2 Å². The van der Waals surface area contributed by atoms with Crippen LogP contribution in [-0.4, -0.2) is 12.5 Å². The van der Waals surface area contributed by atoms with Crippen LogP contribution in [0.3, 0.4) is 0 Å². The molecule has 0 atom stereocenters. The second-order valence-corrected chi connectivity index (χ2v) is 14.0. The summed E-state index contributed by atoms with van der Waals surface area (Å²) in [6.07, 6.45) is 0. The van der Waals surface area contributed by atoms with Gasteiger partial charge >= 0.3 is 212 Å². The van der Waals surface area contributed by atoms with Crippen LogP contribution in [0.2, 0.25) is 0 Å². The van der Waals surface area contributed by atoms with Gasteiger partial charge in [0.15, 0.2) is 0 Å². The van der Waals surface area contributed by atoms with E-state index in [1.807, 2.05) is 127 Å². The van der Waals surface area contributed by atoms with E-state index in [9.17, 15) is 11.8 Å². The molecular formula is C30H22CrO4Si. The molecule has 4 nitrogen and oxygen atoms in total. The molecule has 6 rings (SSSR count). The second kappa shape index (κ2) is 8.79. The maximum atomic E-state index is 12.8. The van der Waals surface area contributed by atoms with E-state index in [1.54, 1.807) is 0 Å². The van der Waals surface area contributed by atoms with E-state index in [0.717, 1.165) is 47.9 Å². The predicted molar refractivity (Wildman–Crippen MR) is 141 cm³/mol. The fourth-order valence-corrected chi connectivity index (χ4v) is 12.3. The summed E-state index contributed by atoms with van der Waals surface area (Å²) in [6.45, 7) is 0. The predicted octanol–water partition coefficient (Wildman–Crippen LogP) is 4.80. The summed E-state index contributed by atoms with van der Waals surface area (Å²) in [7, 11) is -3.86. The Balaban J connectivity index is 1.89. The molecule has 0 aliphatic rings. The van der Waals surface area contributed by atoms with Crippen molar-refractivity contribution in [3.8, 4) is 0 Å². The third kappa shape index (κ3) is 3.77. The van der Waals surface area contributed by atoms with E-state index in [1.165, 1.54) is 0 Å². The van der Waals surface area contributed by atoms with Crippen LogP contribution in [0.15, 0.2) is 127 Å². The van der Waals surface area contributed by atoms with Crippen molar-refractivity contribution in [1.29, 1.82) is 0 Å². The Hall–Kier alpha value is -3.63. The van der Waals surface area contributed by atoms with Crippen LogP contribution in [0, 0.1) is 0 Å². The summed E-state index contributed by atoms with van der Waals surface area (Å²) in [5, 5.41) is 7.93. The topological polar surface area (TPSA) is 63.6 Å². The third-order valence-electron chi connectivity index (χ3n) is 6.74. The van der Waals surface area contributed by atoms with Crippen LogP contribution >= 0.6 is 0 Å². The molecule has 6 heteroatoms. The molecule has 1 N–H and O–H groups in total. The molecule has 0 fully saturated rings. The SMILES string of the molecule is [O]=[Cr](=[O])([OH])[O][Si](c1cccc2ccccc12)(c1cccc2ccccc12)c1cccc2ccccc12. The minimum absolute atomic E-state index is 0.774. The molecule has 176 valence electrons. The minimum atomic E-state index is -5.75. The van der Waals surface area contributed by atoms with Gasteiger partial charge in [-0.3, -0.25) is 0 Å². The van der Waals surface area contributed by atoms with E-state index in [0.29, 0.717) is 0 Å². The number of rotatable bonds is 5. The zero-order valence-electron chi connectivity index (χ0n) is 19.2. The van der Waals surface area contributed by atoms with Gasteiger partial charge in [0.25, 0.3) is 0 Å². The number of hydrogen-bond acceptors (Lipinski definition) is 3. The van der Waals surface area contributed by atoms with Crippen LogP contribution in [0.1, 0.15) is 0 Å². The maximum absolute atomic E-state index is 12.8. The summed E-state index contributed by atoms with van der Waals surface area (Å²) < 4.78 is 42.2. The number of benzene rings is 6. The quantitative estimate of drug-likeness (QED) is 0.259. The molecule has 0 heterocycles. The molecule has 0 amide bonds. The van der Waals surface area contributed by atoms with Crippen molar-refractivity contribution in [1.82, 2.24) is 0 Å². The molecule has 0 saturated heterocycles. The monoisotopic (exact) mass is 526 g/mol. The van der Waals surface area contributed by atoms with Crippen LogP contribution in [-0.2, 0) is 24.7 Å². The van der Waals surface area contributed by atoms with Gasteiger partial charge in [-0.25, -0.2) is 0 Å². The van der Waals surface area contributed by atoms with E-state index >= 15 is 0 Å². The number of hydrogen-bond donors (Lipinski definition) is 1. The summed E-state index contributed by atoms with van der Waals surface area (Å²) in [6, 6.07) is 41.3. The first-order chi connectivity index (χ1) is 17.5. The fourth-order valence-electron chi connectivity index (χ4n) is 5.33. The molecule has 0 radical (unpaired) electrons. The normalized spacial score (nSPS) is 12.4. The summed E-state index contributed by atoms with van der Waals surface area (Å²) in [4.78, 5) is 0. The summed E-state index contributed by atoms with van der Waals surface area (Å²) in [5.74, 6) is 0. The molecule has 36 heavy (non-hydrogen) atoms. The van der Waals surface area contributed by atoms with Gasteiger partial charge in [-0.2, -0.15) is 0 Å². The van der Waals surface area contributed by atoms with Crippen molar-refractivity contribution in [3.05, 3.63) is 127 Å². The molecule has 6 aromatic rings. The van der Waals surface area contributed by atoms with Gasteiger partial charge in [-0.05, 0) is 0 Å². The molecule has 0 saturated carbocycles. The molecule has 0 bridgehead atoms. The first-order valence-corrected chi connectivity index (χ1v) is 15.6. The van der Waals surface area contributed by atoms with Crippen molar-refractivity contribution in [2.45, 2.75) is 0 Å². The molecule has 0 aliphatic carbocycles. The van der Waals surface area contributed by atoms with Crippen molar-refractivity contribution in [2.24, 2.45) is 0 Å². The van der Waals surface area contributed by atoms with E-state index in [2.05, 4.69) is 0 Å². The first-order valence-electron chi connectivity index (χ1n) is 11.6. The Morgan fingerprint density at radius 2 is 0.778 bits per heavy atom. The Labute approximate surface area is 211 Å². The van der Waals surface area contributed by atoms with Crippen LogP contribution in [0.25, 0.3) is 32.3 Å². The zero-order valence-corrected chi connectivity index (χ0v) is 21.5. The summed E-state index contributed by atoms with van der Waals surface area (Å²) in [5.41, 5.74) is 0. The molecule has 0 spiro atoms. The molecule has 0 unspecified atom stereocenters. The van der Waals surface area contributed by atoms with Gasteiger partial charge in [-0.15, -0.1) is 0 Å². The second-order valence-electron chi connectivity index (χ2n) is 8.77. The van der Waals surface area contributed by atoms with Gasteiger partial charge < -0.3 is 0 Å². The van der Waals surface area contributed by atoms with Gasteiger partial charge in [0, 0.05) is 0 Å². The van der Waals surface area contributed by atoms with Gasteiger partial charge in [-0.1, -0.05) is 0 Å². The van der Waals surface area contributed by atoms with Crippen LogP contribution < -0.4 is 15.6 Å². The van der Waals surface area contributed by atoms with Crippen LogP contribution in [0.5, 0.6) is 0 Å². The Morgan fingerprint density at radius 1 is 0.472 bits per heavy atom. The molecule has 0 aliphatic heterocycles. The molecule has 6 aromatic carbocycles. The van der Waals surface area contributed by atoms with Gasteiger partial charge in [0.1, 0.15) is 0 Å². The Kier molecular flexibility index (Phi) is 5.57. The standard InChI is InChI=1S/C30H21OSi.Cr.H2O.2O/c31-32(28-19-7-13-22-10-1-4-16-25(22)28,29-20-8-14-23-11-2-5-17-26(23)29)30-21-9-15-24-12-3-6-18-27(24)30;;;;/h1-21H;;1H2;;/q-1;+2;;;/p-1. The Bertz CT molecular complexity index is 1660. The van der Waals surface area contributed by atoms with Gasteiger partial charge in [0.05, 0.1) is 0 Å². The molecule has 0 aromatic heterocycles. The molecular weight excluding hydrogens is 504 g/mol. The van der Waals surface area contributed by atoms with Crippen molar-refractivity contribution in [2.75, 3.05) is 0 Å². The van der Waals surface area contributed by atoms with Crippen molar-refractivity contribution in [3.63, 3.8) is 0 Å². The Morgan fingerprint density at radius 3 is 1.11 bits per heavy atom. The van der Waals surface area contributed by atoms with E-state index in [4.69, 9.17) is 3.48 Å². The van der Waals surface area contributed by atoms with Crippen LogP contribution in [0.4, 0.5) is 0 Å².